The predicted octanol–water partition coefficient (Wildman–Crippen LogP) is 1.69. The minimum atomic E-state index is -0.0670. The predicted molar refractivity (Wildman–Crippen MR) is 124 cm³/mol. The molecule has 0 unspecified atom stereocenters. The van der Waals surface area contributed by atoms with Crippen molar-refractivity contribution in [1.29, 1.82) is 0 Å². The van der Waals surface area contributed by atoms with Gasteiger partial charge in [-0.3, -0.25) is 9.48 Å². The van der Waals surface area contributed by atoms with E-state index in [9.17, 15) is 4.79 Å². The Labute approximate surface area is 194 Å². The molecule has 11 nitrogen and oxygen atoms in total. The monoisotopic (exact) mass is 454 g/mol. The van der Waals surface area contributed by atoms with Gasteiger partial charge in [0.15, 0.2) is 11.5 Å². The number of nitrogens with two attached hydrogens (primary N) is 1. The highest BCUT2D eigenvalue weighted by Gasteiger charge is 2.23. The smallest absolute Gasteiger partial charge is 0.289 e. The summed E-state index contributed by atoms with van der Waals surface area (Å²) in [5, 5.41) is 15.3. The van der Waals surface area contributed by atoms with Crippen molar-refractivity contribution in [3.63, 3.8) is 0 Å². The van der Waals surface area contributed by atoms with Gasteiger partial charge in [-0.05, 0) is 40.3 Å². The van der Waals surface area contributed by atoms with Crippen LogP contribution < -0.4 is 5.73 Å². The van der Waals surface area contributed by atoms with Crippen molar-refractivity contribution < 1.29 is 4.79 Å². The molecule has 1 aliphatic heterocycles. The zero-order valence-corrected chi connectivity index (χ0v) is 18.3. The summed E-state index contributed by atoms with van der Waals surface area (Å²) >= 11 is 0. The van der Waals surface area contributed by atoms with Crippen LogP contribution in [0.4, 0.5) is 5.82 Å². The van der Waals surface area contributed by atoms with E-state index >= 15 is 0 Å². The van der Waals surface area contributed by atoms with Gasteiger partial charge >= 0.3 is 0 Å². The molecule has 170 valence electrons. The molecular formula is C23H22N10O. The quantitative estimate of drug-likeness (QED) is 0.366. The Bertz CT molecular complexity index is 1480. The van der Waals surface area contributed by atoms with E-state index in [1.807, 2.05) is 28.0 Å². The SMILES string of the molecule is Nc1cc(Cc2cnn(Cc3ccc4c(c3)CCN(C(=O)c3ncc[nH]3)C4)c2)c2nn[nH]c2n1. The number of carbonyl (C=O) groups is 1. The second-order valence-electron chi connectivity index (χ2n) is 8.46. The summed E-state index contributed by atoms with van der Waals surface area (Å²) in [6.07, 6.45) is 8.61. The van der Waals surface area contributed by atoms with Crippen LogP contribution in [0.3, 0.4) is 0 Å². The number of aromatic nitrogens is 8. The average molecular weight is 454 g/mol. The third-order valence-corrected chi connectivity index (χ3v) is 6.09. The van der Waals surface area contributed by atoms with Crippen molar-refractivity contribution in [3.05, 3.63) is 82.7 Å². The number of imidazole rings is 1. The number of hydrogen-bond acceptors (Lipinski definition) is 7. The number of fused-ring (bicyclic) bond motifs is 2. The largest absolute Gasteiger partial charge is 0.384 e. The Morgan fingerprint density at radius 1 is 1.18 bits per heavy atom. The van der Waals surface area contributed by atoms with Crippen LogP contribution in [0, 0.1) is 0 Å². The Balaban J connectivity index is 1.15. The van der Waals surface area contributed by atoms with Crippen LogP contribution in [0.15, 0.2) is 49.1 Å². The number of aromatic amines is 2. The molecule has 11 heteroatoms. The number of nitrogens with one attached hydrogen (secondary N) is 2. The molecule has 4 N–H and O–H groups in total. The number of hydrogen-bond donors (Lipinski definition) is 3. The van der Waals surface area contributed by atoms with Gasteiger partial charge in [0.1, 0.15) is 11.3 Å². The van der Waals surface area contributed by atoms with E-state index in [4.69, 9.17) is 5.73 Å². The van der Waals surface area contributed by atoms with Gasteiger partial charge in [-0.2, -0.15) is 5.10 Å². The number of amides is 1. The van der Waals surface area contributed by atoms with Crippen molar-refractivity contribution in [3.8, 4) is 0 Å². The van der Waals surface area contributed by atoms with E-state index in [-0.39, 0.29) is 5.91 Å². The van der Waals surface area contributed by atoms with Crippen LogP contribution >= 0.6 is 0 Å². The second-order valence-corrected chi connectivity index (χ2v) is 8.46. The molecule has 34 heavy (non-hydrogen) atoms. The third kappa shape index (κ3) is 3.76. The number of nitrogen functional groups attached to an aromatic ring is 1. The summed E-state index contributed by atoms with van der Waals surface area (Å²) in [7, 11) is 0. The van der Waals surface area contributed by atoms with Crippen LogP contribution in [-0.4, -0.2) is 57.5 Å². The molecule has 0 saturated carbocycles. The fourth-order valence-corrected chi connectivity index (χ4v) is 4.46. The molecule has 0 bridgehead atoms. The van der Waals surface area contributed by atoms with Crippen LogP contribution in [0.5, 0.6) is 0 Å². The summed E-state index contributed by atoms with van der Waals surface area (Å²) < 4.78 is 1.93. The molecule has 5 aromatic rings. The number of H-pyrrole nitrogens is 2. The molecule has 0 spiro atoms. The average Bonchev–Trinajstić information content (AvgIpc) is 3.60. The van der Waals surface area contributed by atoms with Crippen molar-refractivity contribution >= 4 is 22.9 Å². The number of nitrogens with zero attached hydrogens (tertiary/aromatic N) is 7. The number of carbonyl (C=O) groups excluding carboxylic acids is 1. The lowest BCUT2D eigenvalue weighted by Crippen LogP contribution is -2.36. The molecule has 4 aromatic heterocycles. The van der Waals surface area contributed by atoms with Crippen molar-refractivity contribution in [1.82, 2.24) is 45.0 Å². The number of pyridine rings is 1. The van der Waals surface area contributed by atoms with Gasteiger partial charge in [-0.15, -0.1) is 5.10 Å². The van der Waals surface area contributed by atoms with Gasteiger partial charge < -0.3 is 15.6 Å². The first-order chi connectivity index (χ1) is 16.6. The number of rotatable bonds is 5. The highest BCUT2D eigenvalue weighted by molar-refractivity contribution is 5.90. The van der Waals surface area contributed by atoms with Gasteiger partial charge in [-0.25, -0.2) is 15.1 Å². The van der Waals surface area contributed by atoms with Gasteiger partial charge in [0.25, 0.3) is 5.91 Å². The first kappa shape index (κ1) is 20.1. The first-order valence-electron chi connectivity index (χ1n) is 11.0. The lowest BCUT2D eigenvalue weighted by atomic mass is 9.97. The van der Waals surface area contributed by atoms with E-state index in [1.165, 1.54) is 16.7 Å². The summed E-state index contributed by atoms with van der Waals surface area (Å²) in [6.45, 7) is 1.93. The normalized spacial score (nSPS) is 13.4. The van der Waals surface area contributed by atoms with Crippen LogP contribution in [0.1, 0.15) is 38.4 Å². The van der Waals surface area contributed by atoms with Crippen LogP contribution in [0.2, 0.25) is 0 Å². The van der Waals surface area contributed by atoms with Crippen LogP contribution in [0.25, 0.3) is 11.2 Å². The Kier molecular flexibility index (Phi) is 4.79. The molecule has 0 atom stereocenters. The molecule has 0 fully saturated rings. The number of anilines is 1. The van der Waals surface area contributed by atoms with Gasteiger partial charge in [0, 0.05) is 38.1 Å². The standard InChI is InChI=1S/C23H22N10O/c24-19-9-18(20-21(28-19)30-31-29-20)8-15-10-27-33(12-15)11-14-1-2-17-13-32(6-3-16(17)7-14)23(34)22-25-4-5-26-22/h1-2,4-5,7,9-10,12H,3,6,8,11,13H2,(H,25,26)(H3,24,28,29,30,31). The lowest BCUT2D eigenvalue weighted by Gasteiger charge is -2.28. The van der Waals surface area contributed by atoms with Crippen molar-refractivity contribution in [2.75, 3.05) is 12.3 Å². The molecule has 1 aromatic carbocycles. The Morgan fingerprint density at radius 2 is 2.12 bits per heavy atom. The van der Waals surface area contributed by atoms with Gasteiger partial charge in [0.2, 0.25) is 0 Å². The maximum Gasteiger partial charge on any atom is 0.289 e. The summed E-state index contributed by atoms with van der Waals surface area (Å²) in [5.41, 5.74) is 12.8. The fraction of sp³-hybridized carbons (Fsp3) is 0.217. The number of benzene rings is 1. The fourth-order valence-electron chi connectivity index (χ4n) is 4.46. The van der Waals surface area contributed by atoms with E-state index < -0.39 is 0 Å². The minimum absolute atomic E-state index is 0.0670. The molecule has 0 saturated heterocycles. The molecule has 1 aliphatic rings. The molecule has 5 heterocycles. The Hall–Kier alpha value is -4.54. The lowest BCUT2D eigenvalue weighted by molar-refractivity contribution is 0.0723. The maximum atomic E-state index is 12.6. The third-order valence-electron chi connectivity index (χ3n) is 6.09. The molecular weight excluding hydrogens is 432 g/mol. The summed E-state index contributed by atoms with van der Waals surface area (Å²) in [6, 6.07) is 8.25. The zero-order valence-electron chi connectivity index (χ0n) is 18.3. The van der Waals surface area contributed by atoms with Gasteiger partial charge in [-0.1, -0.05) is 23.4 Å². The van der Waals surface area contributed by atoms with Crippen molar-refractivity contribution in [2.45, 2.75) is 25.9 Å². The second kappa shape index (κ2) is 8.10. The molecule has 1 amide bonds. The summed E-state index contributed by atoms with van der Waals surface area (Å²) in [5.74, 6) is 0.746. The maximum absolute atomic E-state index is 12.6. The zero-order chi connectivity index (χ0) is 23.1. The topological polar surface area (TPSA) is 147 Å². The summed E-state index contributed by atoms with van der Waals surface area (Å²) in [4.78, 5) is 25.6. The van der Waals surface area contributed by atoms with Crippen LogP contribution in [-0.2, 0) is 25.9 Å². The first-order valence-corrected chi connectivity index (χ1v) is 11.0. The van der Waals surface area contributed by atoms with E-state index in [0.717, 1.165) is 23.1 Å². The van der Waals surface area contributed by atoms with E-state index in [0.29, 0.717) is 43.3 Å². The van der Waals surface area contributed by atoms with E-state index in [1.54, 1.807) is 12.4 Å². The van der Waals surface area contributed by atoms with Crippen molar-refractivity contribution in [2.24, 2.45) is 0 Å². The van der Waals surface area contributed by atoms with E-state index in [2.05, 4.69) is 53.7 Å². The molecule has 0 radical (unpaired) electrons. The van der Waals surface area contributed by atoms with Gasteiger partial charge in [0.05, 0.1) is 12.7 Å². The molecule has 6 rings (SSSR count). The minimum Gasteiger partial charge on any atom is -0.384 e. The highest BCUT2D eigenvalue weighted by atomic mass is 16.2. The highest BCUT2D eigenvalue weighted by Crippen LogP contribution is 2.23. The Morgan fingerprint density at radius 3 is 3.00 bits per heavy atom. The molecule has 0 aliphatic carbocycles.